The lowest BCUT2D eigenvalue weighted by molar-refractivity contribution is 0.0951. The second-order valence-corrected chi connectivity index (χ2v) is 8.93. The van der Waals surface area contributed by atoms with Crippen LogP contribution in [0.1, 0.15) is 73.4 Å². The first-order chi connectivity index (χ1) is 15.6. The van der Waals surface area contributed by atoms with Crippen molar-refractivity contribution in [1.82, 2.24) is 15.3 Å². The van der Waals surface area contributed by atoms with Gasteiger partial charge in [-0.1, -0.05) is 69.5 Å². The van der Waals surface area contributed by atoms with E-state index in [1.165, 1.54) is 37.7 Å². The Labute approximate surface area is 190 Å². The van der Waals surface area contributed by atoms with E-state index in [4.69, 9.17) is 0 Å². The molecular formula is C27H32N4O. The van der Waals surface area contributed by atoms with Gasteiger partial charge in [0, 0.05) is 36.1 Å². The van der Waals surface area contributed by atoms with Gasteiger partial charge in [0.25, 0.3) is 5.91 Å². The van der Waals surface area contributed by atoms with Crippen molar-refractivity contribution in [2.45, 2.75) is 64.5 Å². The zero-order valence-electron chi connectivity index (χ0n) is 19.0. The topological polar surface area (TPSA) is 66.9 Å². The molecule has 2 aromatic carbocycles. The number of benzene rings is 2. The Morgan fingerprint density at radius 2 is 1.56 bits per heavy atom. The summed E-state index contributed by atoms with van der Waals surface area (Å²) in [6.07, 6.45) is 9.95. The molecular weight excluding hydrogens is 396 g/mol. The van der Waals surface area contributed by atoms with Crippen LogP contribution in [0.5, 0.6) is 0 Å². The Balaban J connectivity index is 1.32. The summed E-state index contributed by atoms with van der Waals surface area (Å²) in [4.78, 5) is 21.5. The number of nitrogens with zero attached hydrogens (tertiary/aromatic N) is 2. The maximum atomic E-state index is 12.5. The molecule has 1 amide bonds. The predicted molar refractivity (Wildman–Crippen MR) is 130 cm³/mol. The molecule has 0 atom stereocenters. The summed E-state index contributed by atoms with van der Waals surface area (Å²) in [5.41, 5.74) is 4.98. The smallest absolute Gasteiger partial charge is 0.251 e. The number of aromatic nitrogens is 2. The molecule has 1 aromatic heterocycles. The van der Waals surface area contributed by atoms with Crippen LogP contribution in [0.25, 0.3) is 11.1 Å². The molecule has 0 bridgehead atoms. The standard InChI is InChI=1S/C27H32N4O/c1-19(2)21-10-8-20(9-11-21)16-28-26(32)23-14-12-22(13-15-23)24-17-29-27(30-18-24)31-25-6-4-3-5-7-25/h8-15,17-19,25H,3-7,16H2,1-2H3,(H,28,32)(H,29,30,31). The van der Waals surface area contributed by atoms with E-state index in [2.05, 4.69) is 58.7 Å². The molecule has 0 unspecified atom stereocenters. The summed E-state index contributed by atoms with van der Waals surface area (Å²) in [6, 6.07) is 16.5. The van der Waals surface area contributed by atoms with Crippen molar-refractivity contribution >= 4 is 11.9 Å². The third kappa shape index (κ3) is 5.72. The molecule has 1 saturated carbocycles. The number of carbonyl (C=O) groups is 1. The van der Waals surface area contributed by atoms with E-state index in [1.807, 2.05) is 36.7 Å². The molecule has 3 aromatic rings. The molecule has 0 aliphatic heterocycles. The van der Waals surface area contributed by atoms with E-state index in [9.17, 15) is 4.79 Å². The monoisotopic (exact) mass is 428 g/mol. The molecule has 1 aliphatic rings. The van der Waals surface area contributed by atoms with Gasteiger partial charge in [0.05, 0.1) is 0 Å². The van der Waals surface area contributed by atoms with Crippen LogP contribution in [0.15, 0.2) is 60.9 Å². The zero-order valence-corrected chi connectivity index (χ0v) is 19.0. The number of anilines is 1. The highest BCUT2D eigenvalue weighted by Crippen LogP contribution is 2.22. The van der Waals surface area contributed by atoms with Gasteiger partial charge in [0.15, 0.2) is 0 Å². The molecule has 5 heteroatoms. The first kappa shape index (κ1) is 22.0. The minimum Gasteiger partial charge on any atom is -0.351 e. The highest BCUT2D eigenvalue weighted by molar-refractivity contribution is 5.94. The molecule has 166 valence electrons. The molecule has 0 saturated heterocycles. The predicted octanol–water partition coefficient (Wildman–Crippen LogP) is 5.94. The average molecular weight is 429 g/mol. The van der Waals surface area contributed by atoms with E-state index in [1.54, 1.807) is 0 Å². The van der Waals surface area contributed by atoms with Crippen molar-refractivity contribution in [1.29, 1.82) is 0 Å². The van der Waals surface area contributed by atoms with Gasteiger partial charge in [-0.15, -0.1) is 0 Å². The van der Waals surface area contributed by atoms with Crippen LogP contribution in [-0.4, -0.2) is 21.9 Å². The first-order valence-electron chi connectivity index (χ1n) is 11.6. The number of hydrogen-bond donors (Lipinski definition) is 2. The minimum atomic E-state index is -0.0761. The quantitative estimate of drug-likeness (QED) is 0.489. The van der Waals surface area contributed by atoms with Gasteiger partial charge >= 0.3 is 0 Å². The van der Waals surface area contributed by atoms with Crippen LogP contribution in [0.2, 0.25) is 0 Å². The lowest BCUT2D eigenvalue weighted by atomic mass is 9.96. The summed E-state index contributed by atoms with van der Waals surface area (Å²) in [6.45, 7) is 4.87. The van der Waals surface area contributed by atoms with Crippen molar-refractivity contribution < 1.29 is 4.79 Å². The maximum absolute atomic E-state index is 12.5. The van der Waals surface area contributed by atoms with E-state index in [0.29, 0.717) is 30.0 Å². The fourth-order valence-electron chi connectivity index (χ4n) is 4.10. The summed E-state index contributed by atoms with van der Waals surface area (Å²) in [5.74, 6) is 1.12. The zero-order chi connectivity index (χ0) is 22.3. The van der Waals surface area contributed by atoms with E-state index >= 15 is 0 Å². The molecule has 32 heavy (non-hydrogen) atoms. The van der Waals surface area contributed by atoms with Gasteiger partial charge < -0.3 is 10.6 Å². The van der Waals surface area contributed by atoms with Crippen LogP contribution in [0.4, 0.5) is 5.95 Å². The van der Waals surface area contributed by atoms with Crippen molar-refractivity contribution in [2.24, 2.45) is 0 Å². The third-order valence-electron chi connectivity index (χ3n) is 6.17. The van der Waals surface area contributed by atoms with Crippen LogP contribution < -0.4 is 10.6 Å². The average Bonchev–Trinajstić information content (AvgIpc) is 2.84. The van der Waals surface area contributed by atoms with Crippen LogP contribution in [0, 0.1) is 0 Å². The van der Waals surface area contributed by atoms with Gasteiger partial charge in [-0.2, -0.15) is 0 Å². The van der Waals surface area contributed by atoms with Gasteiger partial charge in [-0.25, -0.2) is 9.97 Å². The molecule has 4 rings (SSSR count). The van der Waals surface area contributed by atoms with Gasteiger partial charge in [-0.05, 0) is 47.6 Å². The first-order valence-corrected chi connectivity index (χ1v) is 11.6. The van der Waals surface area contributed by atoms with Crippen molar-refractivity contribution in [3.63, 3.8) is 0 Å². The third-order valence-corrected chi connectivity index (χ3v) is 6.17. The summed E-state index contributed by atoms with van der Waals surface area (Å²) in [5, 5.41) is 6.44. The highest BCUT2D eigenvalue weighted by atomic mass is 16.1. The SMILES string of the molecule is CC(C)c1ccc(CNC(=O)c2ccc(-c3cnc(NC4CCCCC4)nc3)cc2)cc1. The fraction of sp³-hybridized carbons (Fsp3) is 0.370. The van der Waals surface area contributed by atoms with Gasteiger partial charge in [-0.3, -0.25) is 4.79 Å². The second kappa shape index (κ2) is 10.4. The number of nitrogens with one attached hydrogen (secondary N) is 2. The Kier molecular flexibility index (Phi) is 7.15. The number of rotatable bonds is 7. The summed E-state index contributed by atoms with van der Waals surface area (Å²) < 4.78 is 0. The molecule has 1 heterocycles. The van der Waals surface area contributed by atoms with Crippen molar-refractivity contribution in [2.75, 3.05) is 5.32 Å². The van der Waals surface area contributed by atoms with Crippen molar-refractivity contribution in [3.8, 4) is 11.1 Å². The van der Waals surface area contributed by atoms with E-state index in [-0.39, 0.29) is 5.91 Å². The van der Waals surface area contributed by atoms with Gasteiger partial charge in [0.1, 0.15) is 0 Å². The number of hydrogen-bond acceptors (Lipinski definition) is 4. The summed E-state index contributed by atoms with van der Waals surface area (Å²) in [7, 11) is 0. The normalized spacial score (nSPS) is 14.3. The molecule has 0 radical (unpaired) electrons. The lowest BCUT2D eigenvalue weighted by Gasteiger charge is -2.22. The molecule has 5 nitrogen and oxygen atoms in total. The summed E-state index contributed by atoms with van der Waals surface area (Å²) >= 11 is 0. The van der Waals surface area contributed by atoms with Crippen molar-refractivity contribution in [3.05, 3.63) is 77.6 Å². The van der Waals surface area contributed by atoms with Gasteiger partial charge in [0.2, 0.25) is 5.95 Å². The fourth-order valence-corrected chi connectivity index (χ4v) is 4.10. The largest absolute Gasteiger partial charge is 0.351 e. The van der Waals surface area contributed by atoms with Crippen LogP contribution in [0.3, 0.4) is 0 Å². The Morgan fingerprint density at radius 1 is 0.906 bits per heavy atom. The Morgan fingerprint density at radius 3 is 2.19 bits per heavy atom. The molecule has 1 aliphatic carbocycles. The Hall–Kier alpha value is -3.21. The van der Waals surface area contributed by atoms with E-state index in [0.717, 1.165) is 16.7 Å². The van der Waals surface area contributed by atoms with Crippen LogP contribution >= 0.6 is 0 Å². The van der Waals surface area contributed by atoms with E-state index < -0.39 is 0 Å². The second-order valence-electron chi connectivity index (χ2n) is 8.93. The minimum absolute atomic E-state index is 0.0761. The number of amides is 1. The molecule has 0 spiro atoms. The molecule has 2 N–H and O–H groups in total. The highest BCUT2D eigenvalue weighted by Gasteiger charge is 2.14. The number of carbonyl (C=O) groups excluding carboxylic acids is 1. The Bertz CT molecular complexity index is 1010. The van der Waals surface area contributed by atoms with Crippen LogP contribution in [-0.2, 0) is 6.54 Å². The molecule has 1 fully saturated rings. The maximum Gasteiger partial charge on any atom is 0.251 e. The lowest BCUT2D eigenvalue weighted by Crippen LogP contribution is -2.23.